The quantitative estimate of drug-likeness (QED) is 0.601. The zero-order chi connectivity index (χ0) is 10.9. The Morgan fingerprint density at radius 2 is 2.27 bits per heavy atom. The minimum Gasteiger partial charge on any atom is -0.329 e. The van der Waals surface area contributed by atoms with Crippen molar-refractivity contribution in [1.29, 1.82) is 0 Å². The van der Waals surface area contributed by atoms with Gasteiger partial charge in [-0.05, 0) is 6.42 Å². The molecule has 2 saturated heterocycles. The highest BCUT2D eigenvalue weighted by atomic mass is 32.2. The summed E-state index contributed by atoms with van der Waals surface area (Å²) >= 11 is 0. The Morgan fingerprint density at radius 1 is 1.47 bits per heavy atom. The molecule has 2 heterocycles. The SMILES string of the molecule is NCC1CNCCN1C1CCS(=O)(=O)C1. The third-order valence-corrected chi connectivity index (χ3v) is 5.10. The van der Waals surface area contributed by atoms with Crippen molar-refractivity contribution >= 4 is 9.84 Å². The summed E-state index contributed by atoms with van der Waals surface area (Å²) in [6.45, 7) is 3.34. The second kappa shape index (κ2) is 4.37. The summed E-state index contributed by atoms with van der Waals surface area (Å²) in [7, 11) is -2.78. The fraction of sp³-hybridized carbons (Fsp3) is 1.00. The van der Waals surface area contributed by atoms with Crippen molar-refractivity contribution < 1.29 is 8.42 Å². The predicted octanol–water partition coefficient (Wildman–Crippen LogP) is -1.59. The summed E-state index contributed by atoms with van der Waals surface area (Å²) in [6, 6.07) is 0.502. The molecular formula is C9H19N3O2S. The van der Waals surface area contributed by atoms with Crippen molar-refractivity contribution in [2.24, 2.45) is 5.73 Å². The Labute approximate surface area is 90.9 Å². The van der Waals surface area contributed by atoms with Gasteiger partial charge in [0.15, 0.2) is 9.84 Å². The molecule has 0 aromatic carbocycles. The molecule has 0 aromatic heterocycles. The zero-order valence-corrected chi connectivity index (χ0v) is 9.67. The summed E-state index contributed by atoms with van der Waals surface area (Å²) in [6.07, 6.45) is 0.777. The molecular weight excluding hydrogens is 214 g/mol. The lowest BCUT2D eigenvalue weighted by molar-refractivity contribution is 0.122. The molecule has 0 amide bonds. The van der Waals surface area contributed by atoms with Crippen LogP contribution in [0.5, 0.6) is 0 Å². The molecule has 0 aromatic rings. The number of hydrogen-bond donors (Lipinski definition) is 2. The Balaban J connectivity index is 2.03. The molecule has 88 valence electrons. The number of rotatable bonds is 2. The second-order valence-corrected chi connectivity index (χ2v) is 6.62. The van der Waals surface area contributed by atoms with Gasteiger partial charge >= 0.3 is 0 Å². The van der Waals surface area contributed by atoms with E-state index in [1.165, 1.54) is 0 Å². The first-order valence-corrected chi connectivity index (χ1v) is 7.31. The van der Waals surface area contributed by atoms with Crippen LogP contribution >= 0.6 is 0 Å². The van der Waals surface area contributed by atoms with Crippen LogP contribution < -0.4 is 11.1 Å². The molecule has 6 heteroatoms. The third kappa shape index (κ3) is 2.50. The maximum absolute atomic E-state index is 11.4. The van der Waals surface area contributed by atoms with Gasteiger partial charge in [0, 0.05) is 38.3 Å². The van der Waals surface area contributed by atoms with Crippen LogP contribution in [0.4, 0.5) is 0 Å². The van der Waals surface area contributed by atoms with E-state index < -0.39 is 9.84 Å². The van der Waals surface area contributed by atoms with Crippen LogP contribution in [-0.4, -0.2) is 63.1 Å². The molecule has 2 rings (SSSR count). The number of hydrogen-bond acceptors (Lipinski definition) is 5. The molecule has 0 aliphatic carbocycles. The zero-order valence-electron chi connectivity index (χ0n) is 8.85. The average molecular weight is 233 g/mol. The average Bonchev–Trinajstić information content (AvgIpc) is 2.59. The van der Waals surface area contributed by atoms with E-state index in [4.69, 9.17) is 5.73 Å². The van der Waals surface area contributed by atoms with E-state index >= 15 is 0 Å². The van der Waals surface area contributed by atoms with Crippen molar-refractivity contribution in [3.8, 4) is 0 Å². The molecule has 0 saturated carbocycles. The van der Waals surface area contributed by atoms with Gasteiger partial charge in [0.25, 0.3) is 0 Å². The third-order valence-electron chi connectivity index (χ3n) is 3.35. The van der Waals surface area contributed by atoms with Crippen LogP contribution in [-0.2, 0) is 9.84 Å². The molecule has 2 aliphatic heterocycles. The molecule has 2 fully saturated rings. The van der Waals surface area contributed by atoms with Crippen LogP contribution in [0.1, 0.15) is 6.42 Å². The minimum absolute atomic E-state index is 0.200. The van der Waals surface area contributed by atoms with E-state index in [2.05, 4.69) is 10.2 Å². The van der Waals surface area contributed by atoms with Crippen LogP contribution in [0.2, 0.25) is 0 Å². The van der Waals surface area contributed by atoms with Gasteiger partial charge in [-0.25, -0.2) is 8.42 Å². The summed E-state index contributed by atoms with van der Waals surface area (Å²) < 4.78 is 22.8. The van der Waals surface area contributed by atoms with Crippen LogP contribution in [0.25, 0.3) is 0 Å². The highest BCUT2D eigenvalue weighted by molar-refractivity contribution is 7.91. The van der Waals surface area contributed by atoms with Gasteiger partial charge < -0.3 is 11.1 Å². The maximum atomic E-state index is 11.4. The normalized spacial score (nSPS) is 36.9. The predicted molar refractivity (Wildman–Crippen MR) is 59.5 cm³/mol. The maximum Gasteiger partial charge on any atom is 0.151 e. The first kappa shape index (κ1) is 11.3. The highest BCUT2D eigenvalue weighted by Crippen LogP contribution is 2.20. The lowest BCUT2D eigenvalue weighted by Gasteiger charge is -2.39. The van der Waals surface area contributed by atoms with Crippen LogP contribution in [0, 0.1) is 0 Å². The number of nitrogens with two attached hydrogens (primary N) is 1. The Bertz CT molecular complexity index is 317. The van der Waals surface area contributed by atoms with Crippen molar-refractivity contribution in [2.75, 3.05) is 37.7 Å². The van der Waals surface area contributed by atoms with Gasteiger partial charge in [-0.1, -0.05) is 0 Å². The van der Waals surface area contributed by atoms with E-state index in [9.17, 15) is 8.42 Å². The van der Waals surface area contributed by atoms with E-state index in [0.29, 0.717) is 24.1 Å². The fourth-order valence-electron chi connectivity index (χ4n) is 2.51. The summed E-state index contributed by atoms with van der Waals surface area (Å²) in [5.41, 5.74) is 5.70. The van der Waals surface area contributed by atoms with Crippen molar-refractivity contribution in [3.63, 3.8) is 0 Å². The van der Waals surface area contributed by atoms with Gasteiger partial charge in [-0.2, -0.15) is 0 Å². The number of nitrogens with zero attached hydrogens (tertiary/aromatic N) is 1. The number of nitrogens with one attached hydrogen (secondary N) is 1. The molecule has 0 spiro atoms. The Morgan fingerprint density at radius 3 is 2.87 bits per heavy atom. The van der Waals surface area contributed by atoms with Gasteiger partial charge in [-0.3, -0.25) is 4.90 Å². The minimum atomic E-state index is -2.78. The summed E-state index contributed by atoms with van der Waals surface area (Å²) in [5, 5.41) is 3.29. The van der Waals surface area contributed by atoms with Gasteiger partial charge in [0.2, 0.25) is 0 Å². The molecule has 5 nitrogen and oxygen atoms in total. The van der Waals surface area contributed by atoms with Crippen LogP contribution in [0.3, 0.4) is 0 Å². The molecule has 15 heavy (non-hydrogen) atoms. The smallest absolute Gasteiger partial charge is 0.151 e. The monoisotopic (exact) mass is 233 g/mol. The second-order valence-electron chi connectivity index (χ2n) is 4.39. The topological polar surface area (TPSA) is 75.4 Å². The van der Waals surface area contributed by atoms with E-state index in [1.54, 1.807) is 0 Å². The van der Waals surface area contributed by atoms with Crippen molar-refractivity contribution in [2.45, 2.75) is 18.5 Å². The standard InChI is InChI=1S/C9H19N3O2S/c10-5-9-6-11-2-3-12(9)8-1-4-15(13,14)7-8/h8-9,11H,1-7,10H2. The van der Waals surface area contributed by atoms with Gasteiger partial charge in [-0.15, -0.1) is 0 Å². The molecule has 2 aliphatic rings. The molecule has 3 N–H and O–H groups in total. The first-order valence-electron chi connectivity index (χ1n) is 5.49. The Kier molecular flexibility index (Phi) is 3.30. The van der Waals surface area contributed by atoms with Crippen molar-refractivity contribution in [3.05, 3.63) is 0 Å². The van der Waals surface area contributed by atoms with E-state index in [1.807, 2.05) is 0 Å². The van der Waals surface area contributed by atoms with E-state index in [-0.39, 0.29) is 6.04 Å². The Hall–Kier alpha value is -0.170. The van der Waals surface area contributed by atoms with Gasteiger partial charge in [0.1, 0.15) is 0 Å². The molecule has 2 unspecified atom stereocenters. The molecule has 0 radical (unpaired) electrons. The number of sulfone groups is 1. The summed E-state index contributed by atoms with van der Waals surface area (Å²) in [5.74, 6) is 0.669. The van der Waals surface area contributed by atoms with Crippen LogP contribution in [0.15, 0.2) is 0 Å². The van der Waals surface area contributed by atoms with E-state index in [0.717, 1.165) is 26.1 Å². The highest BCUT2D eigenvalue weighted by Gasteiger charge is 2.35. The van der Waals surface area contributed by atoms with Gasteiger partial charge in [0.05, 0.1) is 11.5 Å². The number of piperazine rings is 1. The molecule has 2 atom stereocenters. The lowest BCUT2D eigenvalue weighted by Crippen LogP contribution is -2.58. The van der Waals surface area contributed by atoms with Crippen molar-refractivity contribution in [1.82, 2.24) is 10.2 Å². The molecule has 0 bridgehead atoms. The first-order chi connectivity index (χ1) is 7.12. The lowest BCUT2D eigenvalue weighted by atomic mass is 10.1. The summed E-state index contributed by atoms with van der Waals surface area (Å²) in [4.78, 5) is 2.28. The fourth-order valence-corrected chi connectivity index (χ4v) is 4.26. The largest absolute Gasteiger partial charge is 0.329 e.